The minimum atomic E-state index is -0.871. The van der Waals surface area contributed by atoms with Gasteiger partial charge in [0.15, 0.2) is 17.4 Å². The molecule has 0 bridgehead atoms. The second-order valence-electron chi connectivity index (χ2n) is 4.81. The van der Waals surface area contributed by atoms with Crippen LogP contribution in [0.4, 0.5) is 8.78 Å². The molecule has 0 saturated heterocycles. The molecule has 128 valence electrons. The molecule has 0 amide bonds. The fraction of sp³-hybridized carbons (Fsp3) is 0.333. The van der Waals surface area contributed by atoms with Crippen LogP contribution < -0.4 is 10.1 Å². The normalized spacial score (nSPS) is 13.3. The SMILES string of the molecule is CC(NCC(O)COc1c(F)cc(Br)cc1F)c1cccs1.Cl. The van der Waals surface area contributed by atoms with Gasteiger partial charge in [0.05, 0.1) is 0 Å². The van der Waals surface area contributed by atoms with Crippen molar-refractivity contribution in [1.82, 2.24) is 5.32 Å². The average Bonchev–Trinajstić information content (AvgIpc) is 2.97. The number of nitrogens with one attached hydrogen (secondary N) is 1. The second kappa shape index (κ2) is 9.54. The molecule has 2 unspecified atom stereocenters. The highest BCUT2D eigenvalue weighted by atomic mass is 79.9. The van der Waals surface area contributed by atoms with E-state index in [4.69, 9.17) is 4.74 Å². The lowest BCUT2D eigenvalue weighted by atomic mass is 10.2. The number of hydrogen-bond donors (Lipinski definition) is 2. The van der Waals surface area contributed by atoms with Gasteiger partial charge < -0.3 is 15.2 Å². The van der Waals surface area contributed by atoms with Crippen LogP contribution in [0.2, 0.25) is 0 Å². The summed E-state index contributed by atoms with van der Waals surface area (Å²) in [6.07, 6.45) is -0.871. The Bertz CT molecular complexity index is 593. The van der Waals surface area contributed by atoms with E-state index in [9.17, 15) is 13.9 Å². The minimum absolute atomic E-state index is 0. The predicted molar refractivity (Wildman–Crippen MR) is 93.5 cm³/mol. The fourth-order valence-corrected chi connectivity index (χ4v) is 3.02. The van der Waals surface area contributed by atoms with E-state index in [1.165, 1.54) is 0 Å². The summed E-state index contributed by atoms with van der Waals surface area (Å²) in [5.41, 5.74) is 0. The zero-order valence-electron chi connectivity index (χ0n) is 12.3. The monoisotopic (exact) mass is 427 g/mol. The van der Waals surface area contributed by atoms with Gasteiger partial charge >= 0.3 is 0 Å². The Balaban J connectivity index is 0.00000264. The standard InChI is InChI=1S/C15H16BrF2NO2S.ClH/c1-9(14-3-2-4-22-14)19-7-11(20)8-21-15-12(17)5-10(16)6-13(15)18;/h2-6,9,11,19-20H,7-8H2,1H3;1H. The first kappa shape index (κ1) is 20.3. The minimum Gasteiger partial charge on any atom is -0.485 e. The Labute approximate surface area is 152 Å². The van der Waals surface area contributed by atoms with E-state index in [2.05, 4.69) is 21.2 Å². The van der Waals surface area contributed by atoms with E-state index >= 15 is 0 Å². The second-order valence-corrected chi connectivity index (χ2v) is 6.70. The molecular formula is C15H17BrClF2NO2S. The third kappa shape index (κ3) is 6.00. The third-order valence-corrected chi connectivity index (χ3v) is 4.53. The molecule has 0 aliphatic rings. The summed E-state index contributed by atoms with van der Waals surface area (Å²) in [6, 6.07) is 6.27. The number of ether oxygens (including phenoxy) is 1. The van der Waals surface area contributed by atoms with Gasteiger partial charge in [0, 0.05) is 21.9 Å². The van der Waals surface area contributed by atoms with Crippen LogP contribution in [0.5, 0.6) is 5.75 Å². The van der Waals surface area contributed by atoms with Gasteiger partial charge in [-0.25, -0.2) is 8.78 Å². The lowest BCUT2D eigenvalue weighted by Gasteiger charge is -2.17. The van der Waals surface area contributed by atoms with Gasteiger partial charge in [0.1, 0.15) is 12.7 Å². The molecule has 0 saturated carbocycles. The molecule has 0 radical (unpaired) electrons. The number of benzene rings is 1. The number of aliphatic hydroxyl groups excluding tert-OH is 1. The van der Waals surface area contributed by atoms with E-state index in [0.29, 0.717) is 4.47 Å². The molecule has 23 heavy (non-hydrogen) atoms. The van der Waals surface area contributed by atoms with Crippen LogP contribution in [0.3, 0.4) is 0 Å². The molecule has 0 fully saturated rings. The molecule has 0 aliphatic heterocycles. The van der Waals surface area contributed by atoms with Crippen molar-refractivity contribution in [1.29, 1.82) is 0 Å². The Morgan fingerprint density at radius 2 is 2.00 bits per heavy atom. The Morgan fingerprint density at radius 3 is 2.57 bits per heavy atom. The summed E-state index contributed by atoms with van der Waals surface area (Å²) >= 11 is 4.61. The van der Waals surface area contributed by atoms with Crippen LogP contribution in [-0.2, 0) is 0 Å². The van der Waals surface area contributed by atoms with Crippen molar-refractivity contribution in [3.05, 3.63) is 50.6 Å². The molecule has 2 N–H and O–H groups in total. The van der Waals surface area contributed by atoms with Crippen LogP contribution in [0.25, 0.3) is 0 Å². The molecule has 1 aromatic carbocycles. The van der Waals surface area contributed by atoms with Crippen LogP contribution in [0, 0.1) is 11.6 Å². The number of hydrogen-bond acceptors (Lipinski definition) is 4. The van der Waals surface area contributed by atoms with Crippen molar-refractivity contribution < 1.29 is 18.6 Å². The van der Waals surface area contributed by atoms with Gasteiger partial charge in [-0.1, -0.05) is 22.0 Å². The number of halogens is 4. The summed E-state index contributed by atoms with van der Waals surface area (Å²) < 4.78 is 32.5. The molecular weight excluding hydrogens is 412 g/mol. The molecule has 0 aliphatic carbocycles. The predicted octanol–water partition coefficient (Wildman–Crippen LogP) is 4.30. The van der Waals surface area contributed by atoms with E-state index in [1.54, 1.807) is 11.3 Å². The number of thiophene rings is 1. The summed E-state index contributed by atoms with van der Waals surface area (Å²) in [7, 11) is 0. The summed E-state index contributed by atoms with van der Waals surface area (Å²) in [6.45, 7) is 2.05. The van der Waals surface area contributed by atoms with Gasteiger partial charge in [0.25, 0.3) is 0 Å². The van der Waals surface area contributed by atoms with Gasteiger partial charge in [0.2, 0.25) is 0 Å². The zero-order valence-corrected chi connectivity index (χ0v) is 15.5. The average molecular weight is 429 g/mol. The molecule has 2 rings (SSSR count). The molecule has 2 aromatic rings. The van der Waals surface area contributed by atoms with Crippen LogP contribution in [-0.4, -0.2) is 24.4 Å². The maximum absolute atomic E-state index is 13.6. The summed E-state index contributed by atoms with van der Waals surface area (Å²) in [5.74, 6) is -2.09. The Morgan fingerprint density at radius 1 is 1.35 bits per heavy atom. The highest BCUT2D eigenvalue weighted by Crippen LogP contribution is 2.26. The first-order valence-electron chi connectivity index (χ1n) is 6.69. The van der Waals surface area contributed by atoms with Gasteiger partial charge in [-0.3, -0.25) is 0 Å². The number of aliphatic hydroxyl groups is 1. The molecule has 2 atom stereocenters. The molecule has 1 aromatic heterocycles. The van der Waals surface area contributed by atoms with E-state index in [-0.39, 0.29) is 31.6 Å². The zero-order chi connectivity index (χ0) is 16.1. The Hall–Kier alpha value is -0.730. The lowest BCUT2D eigenvalue weighted by molar-refractivity contribution is 0.0994. The lowest BCUT2D eigenvalue weighted by Crippen LogP contribution is -2.33. The number of rotatable bonds is 7. The first-order chi connectivity index (χ1) is 10.5. The van der Waals surface area contributed by atoms with Crippen molar-refractivity contribution in [2.45, 2.75) is 19.1 Å². The van der Waals surface area contributed by atoms with E-state index in [1.807, 2.05) is 24.4 Å². The summed E-state index contributed by atoms with van der Waals surface area (Å²) in [5, 5.41) is 15.0. The smallest absolute Gasteiger partial charge is 0.190 e. The summed E-state index contributed by atoms with van der Waals surface area (Å²) in [4.78, 5) is 1.15. The van der Waals surface area contributed by atoms with Crippen molar-refractivity contribution in [2.75, 3.05) is 13.2 Å². The van der Waals surface area contributed by atoms with E-state index in [0.717, 1.165) is 17.0 Å². The quantitative estimate of drug-likeness (QED) is 0.691. The Kier molecular flexibility index (Phi) is 8.42. The molecule has 8 heteroatoms. The molecule has 1 heterocycles. The van der Waals surface area contributed by atoms with Crippen molar-refractivity contribution in [3.63, 3.8) is 0 Å². The van der Waals surface area contributed by atoms with Crippen molar-refractivity contribution >= 4 is 39.7 Å². The van der Waals surface area contributed by atoms with Crippen molar-refractivity contribution in [2.24, 2.45) is 0 Å². The topological polar surface area (TPSA) is 41.5 Å². The van der Waals surface area contributed by atoms with Gasteiger partial charge in [-0.15, -0.1) is 23.7 Å². The maximum atomic E-state index is 13.6. The fourth-order valence-electron chi connectivity index (χ4n) is 1.86. The third-order valence-electron chi connectivity index (χ3n) is 3.01. The molecule has 0 spiro atoms. The van der Waals surface area contributed by atoms with Gasteiger partial charge in [-0.05, 0) is 30.5 Å². The largest absolute Gasteiger partial charge is 0.485 e. The molecule has 3 nitrogen and oxygen atoms in total. The van der Waals surface area contributed by atoms with E-state index < -0.39 is 23.5 Å². The van der Waals surface area contributed by atoms with Crippen LogP contribution in [0.1, 0.15) is 17.8 Å². The van der Waals surface area contributed by atoms with Gasteiger partial charge in [-0.2, -0.15) is 0 Å². The van der Waals surface area contributed by atoms with Crippen LogP contribution >= 0.6 is 39.7 Å². The maximum Gasteiger partial charge on any atom is 0.190 e. The first-order valence-corrected chi connectivity index (χ1v) is 8.37. The highest BCUT2D eigenvalue weighted by molar-refractivity contribution is 9.10. The van der Waals surface area contributed by atoms with Crippen LogP contribution in [0.15, 0.2) is 34.1 Å². The van der Waals surface area contributed by atoms with Crippen molar-refractivity contribution in [3.8, 4) is 5.75 Å². The highest BCUT2D eigenvalue weighted by Gasteiger charge is 2.15.